The van der Waals surface area contributed by atoms with Crippen molar-refractivity contribution < 1.29 is 9.59 Å². The lowest BCUT2D eigenvalue weighted by Crippen LogP contribution is -2.36. The highest BCUT2D eigenvalue weighted by Crippen LogP contribution is 2.27. The van der Waals surface area contributed by atoms with Crippen LogP contribution in [-0.2, 0) is 13.0 Å². The number of para-hydroxylation sites is 1. The van der Waals surface area contributed by atoms with Gasteiger partial charge in [0.15, 0.2) is 0 Å². The summed E-state index contributed by atoms with van der Waals surface area (Å²) < 4.78 is 0. The Kier molecular flexibility index (Phi) is 5.10. The molecule has 0 aliphatic carbocycles. The van der Waals surface area contributed by atoms with Crippen molar-refractivity contribution in [2.24, 2.45) is 0 Å². The summed E-state index contributed by atoms with van der Waals surface area (Å²) in [6.45, 7) is 0.971. The minimum Gasteiger partial charge on any atom is -0.346 e. The average Bonchev–Trinajstić information content (AvgIpc) is 2.77. The van der Waals surface area contributed by atoms with Gasteiger partial charge in [0.1, 0.15) is 5.69 Å². The van der Waals surface area contributed by atoms with Gasteiger partial charge < -0.3 is 10.2 Å². The Bertz CT molecular complexity index is 1000. The maximum Gasteiger partial charge on any atom is 0.276 e. The number of aryl methyl sites for hydroxylation is 1. The van der Waals surface area contributed by atoms with Gasteiger partial charge in [-0.1, -0.05) is 24.3 Å². The van der Waals surface area contributed by atoms with E-state index in [0.29, 0.717) is 18.7 Å². The van der Waals surface area contributed by atoms with Crippen molar-refractivity contribution in [2.45, 2.75) is 19.4 Å². The molecule has 4 rings (SSSR count). The molecule has 0 radical (unpaired) electrons. The number of benzene rings is 1. The predicted octanol–water partition coefficient (Wildman–Crippen LogP) is 3.00. The quantitative estimate of drug-likeness (QED) is 0.764. The Balaban J connectivity index is 1.51. The van der Waals surface area contributed by atoms with Gasteiger partial charge >= 0.3 is 0 Å². The fraction of sp³-hybridized carbons (Fsp3) is 0.182. The maximum atomic E-state index is 13.0. The molecule has 1 aliphatic rings. The number of pyridine rings is 2. The van der Waals surface area contributed by atoms with E-state index in [0.717, 1.165) is 29.8 Å². The van der Waals surface area contributed by atoms with Crippen molar-refractivity contribution >= 4 is 17.5 Å². The smallest absolute Gasteiger partial charge is 0.276 e. The van der Waals surface area contributed by atoms with E-state index in [1.165, 1.54) is 6.20 Å². The molecule has 0 fully saturated rings. The number of carbonyl (C=O) groups is 2. The molecular formula is C22H20N4O2. The minimum absolute atomic E-state index is 0.188. The molecular weight excluding hydrogens is 352 g/mol. The molecule has 0 bridgehead atoms. The summed E-state index contributed by atoms with van der Waals surface area (Å²) in [6, 6.07) is 16.6. The number of nitrogens with one attached hydrogen (secondary N) is 1. The predicted molar refractivity (Wildman–Crippen MR) is 106 cm³/mol. The number of anilines is 1. The van der Waals surface area contributed by atoms with Crippen molar-refractivity contribution in [3.8, 4) is 0 Å². The van der Waals surface area contributed by atoms with Crippen molar-refractivity contribution in [3.63, 3.8) is 0 Å². The first kappa shape index (κ1) is 17.9. The average molecular weight is 372 g/mol. The van der Waals surface area contributed by atoms with Gasteiger partial charge in [0.2, 0.25) is 0 Å². The molecule has 6 heteroatoms. The van der Waals surface area contributed by atoms with Crippen LogP contribution in [0, 0.1) is 0 Å². The number of amides is 2. The van der Waals surface area contributed by atoms with Crippen LogP contribution in [0.1, 0.15) is 38.5 Å². The van der Waals surface area contributed by atoms with E-state index in [1.54, 1.807) is 23.2 Å². The molecule has 1 aromatic carbocycles. The van der Waals surface area contributed by atoms with E-state index in [4.69, 9.17) is 0 Å². The summed E-state index contributed by atoms with van der Waals surface area (Å²) >= 11 is 0. The third-order valence-electron chi connectivity index (χ3n) is 4.75. The fourth-order valence-corrected chi connectivity index (χ4v) is 3.35. The summed E-state index contributed by atoms with van der Waals surface area (Å²) in [4.78, 5) is 35.7. The van der Waals surface area contributed by atoms with Gasteiger partial charge in [0.05, 0.1) is 12.2 Å². The monoisotopic (exact) mass is 372 g/mol. The molecule has 0 saturated carbocycles. The number of rotatable bonds is 4. The Morgan fingerprint density at radius 1 is 1.00 bits per heavy atom. The summed E-state index contributed by atoms with van der Waals surface area (Å²) in [6.07, 6.45) is 5.05. The van der Waals surface area contributed by atoms with Gasteiger partial charge in [-0.15, -0.1) is 0 Å². The van der Waals surface area contributed by atoms with Crippen molar-refractivity contribution in [2.75, 3.05) is 11.4 Å². The zero-order valence-corrected chi connectivity index (χ0v) is 15.3. The molecule has 0 spiro atoms. The fourth-order valence-electron chi connectivity index (χ4n) is 3.35. The van der Waals surface area contributed by atoms with Crippen molar-refractivity contribution in [1.82, 2.24) is 15.3 Å². The van der Waals surface area contributed by atoms with E-state index in [9.17, 15) is 9.59 Å². The van der Waals surface area contributed by atoms with E-state index < -0.39 is 0 Å². The van der Waals surface area contributed by atoms with E-state index in [2.05, 4.69) is 15.3 Å². The van der Waals surface area contributed by atoms with Gasteiger partial charge in [-0.05, 0) is 48.7 Å². The van der Waals surface area contributed by atoms with Crippen LogP contribution in [0.2, 0.25) is 0 Å². The Morgan fingerprint density at radius 2 is 1.86 bits per heavy atom. The second-order valence-corrected chi connectivity index (χ2v) is 6.62. The highest BCUT2D eigenvalue weighted by atomic mass is 16.2. The van der Waals surface area contributed by atoms with Gasteiger partial charge in [0, 0.05) is 30.2 Å². The Labute approximate surface area is 163 Å². The number of fused-ring (bicyclic) bond motifs is 1. The Morgan fingerprint density at radius 3 is 2.71 bits per heavy atom. The van der Waals surface area contributed by atoms with Crippen LogP contribution >= 0.6 is 0 Å². The van der Waals surface area contributed by atoms with Crippen LogP contribution in [0.3, 0.4) is 0 Å². The normalized spacial score (nSPS) is 12.9. The van der Waals surface area contributed by atoms with Crippen LogP contribution < -0.4 is 10.2 Å². The van der Waals surface area contributed by atoms with Crippen LogP contribution in [0.15, 0.2) is 67.0 Å². The molecule has 1 aliphatic heterocycles. The van der Waals surface area contributed by atoms with Gasteiger partial charge in [0.25, 0.3) is 11.8 Å². The number of hydrogen-bond donors (Lipinski definition) is 1. The molecule has 2 aromatic heterocycles. The first-order valence-corrected chi connectivity index (χ1v) is 9.26. The second-order valence-electron chi connectivity index (χ2n) is 6.62. The van der Waals surface area contributed by atoms with E-state index in [1.807, 2.05) is 42.5 Å². The molecule has 0 saturated heterocycles. The lowest BCUT2D eigenvalue weighted by atomic mass is 10.0. The molecule has 3 heterocycles. The topological polar surface area (TPSA) is 75.2 Å². The summed E-state index contributed by atoms with van der Waals surface area (Å²) in [7, 11) is 0. The van der Waals surface area contributed by atoms with Crippen molar-refractivity contribution in [1.29, 1.82) is 0 Å². The standard InChI is InChI=1S/C22H20N4O2/c27-21(25-15-18-8-3-4-11-23-18)17-10-12-24-19(14-17)22(28)26-13-5-7-16-6-1-2-9-20(16)26/h1-4,6,8-12,14H,5,7,13,15H2,(H,25,27). The molecule has 28 heavy (non-hydrogen) atoms. The SMILES string of the molecule is O=C(NCc1ccccn1)c1ccnc(C(=O)N2CCCc3ccccc32)c1. The first-order valence-electron chi connectivity index (χ1n) is 9.26. The minimum atomic E-state index is -0.263. The zero-order valence-electron chi connectivity index (χ0n) is 15.3. The number of carbonyl (C=O) groups excluding carboxylic acids is 2. The summed E-state index contributed by atoms with van der Waals surface area (Å²) in [5.74, 6) is -0.451. The maximum absolute atomic E-state index is 13.0. The zero-order chi connectivity index (χ0) is 19.3. The third kappa shape index (κ3) is 3.76. The molecule has 2 amide bonds. The van der Waals surface area contributed by atoms with Crippen LogP contribution in [-0.4, -0.2) is 28.3 Å². The second kappa shape index (κ2) is 8.00. The van der Waals surface area contributed by atoms with E-state index >= 15 is 0 Å². The van der Waals surface area contributed by atoms with Crippen LogP contribution in [0.4, 0.5) is 5.69 Å². The largest absolute Gasteiger partial charge is 0.346 e. The molecule has 0 unspecified atom stereocenters. The number of nitrogens with zero attached hydrogens (tertiary/aromatic N) is 3. The third-order valence-corrected chi connectivity index (χ3v) is 4.75. The lowest BCUT2D eigenvalue weighted by molar-refractivity contribution is 0.0950. The highest BCUT2D eigenvalue weighted by molar-refractivity contribution is 6.06. The molecule has 0 atom stereocenters. The highest BCUT2D eigenvalue weighted by Gasteiger charge is 2.24. The molecule has 6 nitrogen and oxygen atoms in total. The van der Waals surface area contributed by atoms with Crippen LogP contribution in [0.25, 0.3) is 0 Å². The van der Waals surface area contributed by atoms with Gasteiger partial charge in [-0.2, -0.15) is 0 Å². The lowest BCUT2D eigenvalue weighted by Gasteiger charge is -2.29. The number of hydrogen-bond acceptors (Lipinski definition) is 4. The van der Waals surface area contributed by atoms with Crippen LogP contribution in [0.5, 0.6) is 0 Å². The van der Waals surface area contributed by atoms with Gasteiger partial charge in [-0.3, -0.25) is 19.6 Å². The first-order chi connectivity index (χ1) is 13.7. The molecule has 3 aromatic rings. The molecule has 1 N–H and O–H groups in total. The summed E-state index contributed by atoms with van der Waals surface area (Å²) in [5, 5.41) is 2.82. The number of aromatic nitrogens is 2. The summed E-state index contributed by atoms with van der Waals surface area (Å²) in [5.41, 5.74) is 3.52. The molecule has 140 valence electrons. The van der Waals surface area contributed by atoms with Crippen molar-refractivity contribution in [3.05, 3.63) is 89.5 Å². The van der Waals surface area contributed by atoms with E-state index in [-0.39, 0.29) is 17.5 Å². The Hall–Kier alpha value is -3.54. The van der Waals surface area contributed by atoms with Gasteiger partial charge in [-0.25, -0.2) is 0 Å².